The highest BCUT2D eigenvalue weighted by molar-refractivity contribution is 7.87. The molecule has 0 bridgehead atoms. The maximum atomic E-state index is 14.3. The van der Waals surface area contributed by atoms with E-state index in [0.29, 0.717) is 57.6 Å². The number of quaternary nitrogens is 1. The number of hydrogen-bond donors (Lipinski definition) is 3. The van der Waals surface area contributed by atoms with Crippen molar-refractivity contribution < 1.29 is 45.8 Å². The van der Waals surface area contributed by atoms with Crippen LogP contribution in [0.4, 0.5) is 10.5 Å². The molecule has 0 saturated carbocycles. The lowest BCUT2D eigenvalue weighted by atomic mass is 10.0. The first kappa shape index (κ1) is 37.8. The van der Waals surface area contributed by atoms with Crippen molar-refractivity contribution in [1.29, 1.82) is 0 Å². The number of nitrogens with one attached hydrogen (secondary N) is 1. The number of ether oxygens (including phenoxy) is 2. The molecular weight excluding hydrogens is 711 g/mol. The minimum absolute atomic E-state index is 0.0324. The van der Waals surface area contributed by atoms with Crippen LogP contribution in [-0.2, 0) is 27.9 Å². The number of urea groups is 1. The molecular formula is C40H43N5O8S+2. The smallest absolute Gasteiger partial charge is 0.496 e. The molecule has 0 aliphatic carbocycles. The normalized spacial score (nSPS) is 17.3. The molecule has 4 N–H and O–H groups in total. The number of phenolic OH excluding ortho intramolecular Hbond substituents is 1. The number of likely N-dealkylation sites (tertiary alicyclic amines) is 1. The summed E-state index contributed by atoms with van der Waals surface area (Å²) in [5, 5.41) is 13.4. The number of carbonyl (C=O) groups excluding carboxylic acids is 2. The minimum Gasteiger partial charge on any atom is -0.508 e. The number of carbonyl (C=O) groups is 2. The first-order chi connectivity index (χ1) is 25.9. The summed E-state index contributed by atoms with van der Waals surface area (Å²) in [6.45, 7) is 1.90. The number of para-hydroxylation sites is 1. The number of nitrogens with zero attached hydrogens (tertiary/aromatic N) is 3. The van der Waals surface area contributed by atoms with Gasteiger partial charge in [-0.05, 0) is 72.3 Å². The Balaban J connectivity index is 1.29. The zero-order chi connectivity index (χ0) is 38.5. The average molecular weight is 754 g/mol. The van der Waals surface area contributed by atoms with Gasteiger partial charge in [-0.3, -0.25) is 9.78 Å². The number of amides is 3. The number of anilines is 1. The molecule has 2 atom stereocenters. The number of hydrogen-bond acceptors (Lipinski definition) is 9. The molecule has 1 aromatic heterocycles. The van der Waals surface area contributed by atoms with Gasteiger partial charge in [-0.1, -0.05) is 30.3 Å². The zero-order valence-corrected chi connectivity index (χ0v) is 31.1. The Hall–Kier alpha value is -5.99. The molecule has 0 radical (unpaired) electrons. The summed E-state index contributed by atoms with van der Waals surface area (Å²) in [4.78, 5) is 31.7. The van der Waals surface area contributed by atoms with Gasteiger partial charge in [-0.15, -0.1) is 0 Å². The third-order valence-corrected chi connectivity index (χ3v) is 10.8. The van der Waals surface area contributed by atoms with Gasteiger partial charge in [0.05, 0.1) is 33.3 Å². The fourth-order valence-electron chi connectivity index (χ4n) is 6.92. The molecule has 1 aliphatic rings. The monoisotopic (exact) mass is 753 g/mol. The predicted octanol–water partition coefficient (Wildman–Crippen LogP) is 5.25. The molecule has 54 heavy (non-hydrogen) atoms. The van der Waals surface area contributed by atoms with Gasteiger partial charge in [0, 0.05) is 36.4 Å². The third kappa shape index (κ3) is 8.62. The van der Waals surface area contributed by atoms with Gasteiger partial charge < -0.3 is 29.0 Å². The lowest BCUT2D eigenvalue weighted by molar-refractivity contribution is -0.918. The van der Waals surface area contributed by atoms with Crippen molar-refractivity contribution in [3.8, 4) is 23.0 Å². The highest BCUT2D eigenvalue weighted by atomic mass is 32.2. The Labute approximate surface area is 313 Å². The van der Waals surface area contributed by atoms with Gasteiger partial charge in [0.15, 0.2) is 17.5 Å². The summed E-state index contributed by atoms with van der Waals surface area (Å²) >= 11 is 0. The lowest BCUT2D eigenvalue weighted by Gasteiger charge is -2.38. The first-order valence-corrected chi connectivity index (χ1v) is 18.7. The Morgan fingerprint density at radius 2 is 1.65 bits per heavy atom. The molecule has 280 valence electrons. The third-order valence-electron chi connectivity index (χ3n) is 9.48. The molecule has 1 aliphatic heterocycles. The van der Waals surface area contributed by atoms with Crippen molar-refractivity contribution >= 4 is 44.4 Å². The average Bonchev–Trinajstić information content (AvgIpc) is 3.15. The lowest BCUT2D eigenvalue weighted by Crippen LogP contribution is -2.56. The highest BCUT2D eigenvalue weighted by Gasteiger charge is 2.39. The van der Waals surface area contributed by atoms with E-state index >= 15 is 0 Å². The SMILES string of the molecule is COc1ccc(C[N+]2(C)CCC/C(=[N+](\C(=O)Nc3ccc(OS(=O)(=O)c4cccc5cccnc45)cc3)[C@@H](Cc3ccc(O)cc3)C(N)=O)C2)cc1OC. The van der Waals surface area contributed by atoms with Gasteiger partial charge in [0.25, 0.3) is 5.91 Å². The number of nitrogens with two attached hydrogens (primary N) is 1. The fraction of sp³-hybridized carbons (Fsp3) is 0.250. The first-order valence-electron chi connectivity index (χ1n) is 17.3. The molecule has 13 nitrogen and oxygen atoms in total. The van der Waals surface area contributed by atoms with Crippen molar-refractivity contribution in [3.63, 3.8) is 0 Å². The molecule has 4 aromatic carbocycles. The largest absolute Gasteiger partial charge is 0.508 e. The van der Waals surface area contributed by atoms with Crippen molar-refractivity contribution in [2.24, 2.45) is 5.73 Å². The van der Waals surface area contributed by atoms with Crippen LogP contribution in [0.15, 0.2) is 108 Å². The van der Waals surface area contributed by atoms with E-state index in [1.54, 1.807) is 50.6 Å². The Kier molecular flexibility index (Phi) is 11.1. The van der Waals surface area contributed by atoms with E-state index in [-0.39, 0.29) is 22.8 Å². The van der Waals surface area contributed by atoms with E-state index in [4.69, 9.17) is 19.4 Å². The number of piperidine rings is 1. The van der Waals surface area contributed by atoms with Crippen LogP contribution < -0.4 is 24.7 Å². The van der Waals surface area contributed by atoms with Gasteiger partial charge in [-0.25, -0.2) is 5.32 Å². The van der Waals surface area contributed by atoms with Gasteiger partial charge >= 0.3 is 16.1 Å². The number of primary amides is 1. The topological polar surface area (TPSA) is 170 Å². The highest BCUT2D eigenvalue weighted by Crippen LogP contribution is 2.30. The van der Waals surface area contributed by atoms with Crippen LogP contribution in [-0.4, -0.2) is 85.6 Å². The maximum absolute atomic E-state index is 14.3. The number of benzene rings is 4. The van der Waals surface area contributed by atoms with Crippen LogP contribution in [0.3, 0.4) is 0 Å². The molecule has 1 fully saturated rings. The second-order valence-electron chi connectivity index (χ2n) is 13.5. The zero-order valence-electron chi connectivity index (χ0n) is 30.3. The van der Waals surface area contributed by atoms with E-state index < -0.39 is 28.1 Å². The minimum atomic E-state index is -4.24. The number of fused-ring (bicyclic) bond motifs is 1. The second-order valence-corrected chi connectivity index (χ2v) is 15.0. The van der Waals surface area contributed by atoms with Crippen LogP contribution in [0.1, 0.15) is 24.0 Å². The van der Waals surface area contributed by atoms with Crippen LogP contribution in [0.5, 0.6) is 23.0 Å². The van der Waals surface area contributed by atoms with E-state index in [9.17, 15) is 23.1 Å². The van der Waals surface area contributed by atoms with Crippen LogP contribution in [0.2, 0.25) is 0 Å². The molecule has 2 heterocycles. The van der Waals surface area contributed by atoms with Gasteiger partial charge in [-0.2, -0.15) is 17.8 Å². The molecule has 14 heteroatoms. The summed E-state index contributed by atoms with van der Waals surface area (Å²) in [5.74, 6) is 0.653. The van der Waals surface area contributed by atoms with Crippen LogP contribution in [0.25, 0.3) is 10.9 Å². The number of methoxy groups -OCH3 is 2. The van der Waals surface area contributed by atoms with E-state index in [1.807, 2.05) is 18.2 Å². The van der Waals surface area contributed by atoms with E-state index in [1.165, 1.54) is 53.2 Å². The van der Waals surface area contributed by atoms with Crippen molar-refractivity contribution in [2.75, 3.05) is 39.7 Å². The Bertz CT molecular complexity index is 2310. The predicted molar refractivity (Wildman–Crippen MR) is 203 cm³/mol. The van der Waals surface area contributed by atoms with Crippen molar-refractivity contribution in [3.05, 3.63) is 114 Å². The number of pyridine rings is 1. The Morgan fingerprint density at radius 3 is 2.35 bits per heavy atom. The number of rotatable bonds is 12. The summed E-state index contributed by atoms with van der Waals surface area (Å²) in [5.41, 5.74) is 9.12. The number of aromatic nitrogens is 1. The quantitative estimate of drug-likeness (QED) is 0.0876. The number of aromatic hydroxyl groups is 1. The second kappa shape index (κ2) is 15.9. The fourth-order valence-corrected chi connectivity index (χ4v) is 8.03. The molecule has 6 rings (SSSR count). The summed E-state index contributed by atoms with van der Waals surface area (Å²) in [6.07, 6.45) is 2.93. The maximum Gasteiger partial charge on any atom is 0.496 e. The molecule has 1 saturated heterocycles. The van der Waals surface area contributed by atoms with Gasteiger partial charge in [0.1, 0.15) is 40.9 Å². The van der Waals surface area contributed by atoms with Crippen molar-refractivity contribution in [2.45, 2.75) is 36.7 Å². The molecule has 0 spiro atoms. The van der Waals surface area contributed by atoms with Gasteiger partial charge in [0.2, 0.25) is 0 Å². The van der Waals surface area contributed by atoms with Crippen LogP contribution >= 0.6 is 0 Å². The van der Waals surface area contributed by atoms with Crippen LogP contribution in [0, 0.1) is 0 Å². The Morgan fingerprint density at radius 1 is 0.944 bits per heavy atom. The molecule has 1 unspecified atom stereocenters. The van der Waals surface area contributed by atoms with E-state index in [0.717, 1.165) is 24.2 Å². The summed E-state index contributed by atoms with van der Waals surface area (Å²) in [6, 6.07) is 24.8. The summed E-state index contributed by atoms with van der Waals surface area (Å²) in [7, 11) is 1.04. The standard InChI is InChI=1S/C40H41N5O8S/c1-45(25-28-13-20-35(51-2)36(24-28)52-3)22-6-9-31(26-45)44(34(39(41)47)23-27-11-16-32(46)17-12-27)40(48)43-30-14-18-33(19-15-30)53-54(49,50)37-10-4-7-29-8-5-21-42-38(29)37/h4-5,7-8,10-21,24,34H,6,9,22-23,25-26H2,1-3H3,(H2-2,41,43,46,47,48)/p+2/b44-31+/t34-,45?/m0/s1. The summed E-state index contributed by atoms with van der Waals surface area (Å²) < 4.78 is 44.9. The van der Waals surface area contributed by atoms with Crippen molar-refractivity contribution in [1.82, 2.24) is 4.98 Å². The van der Waals surface area contributed by atoms with E-state index in [2.05, 4.69) is 17.3 Å². The molecule has 3 amide bonds. The molecule has 5 aromatic rings. The number of phenols is 1.